The average molecular weight is 263 g/mol. The van der Waals surface area contributed by atoms with Crippen LogP contribution in [0.3, 0.4) is 0 Å². The van der Waals surface area contributed by atoms with Crippen LogP contribution in [0.25, 0.3) is 0 Å². The van der Waals surface area contributed by atoms with Gasteiger partial charge in [0.05, 0.1) is 5.69 Å². The van der Waals surface area contributed by atoms with Crippen LogP contribution < -0.4 is 5.32 Å². The molecular weight excluding hydrogens is 250 g/mol. The summed E-state index contributed by atoms with van der Waals surface area (Å²) in [7, 11) is 0. The zero-order valence-electron chi connectivity index (χ0n) is 9.83. The summed E-state index contributed by atoms with van der Waals surface area (Å²) in [6.07, 6.45) is 2.68. The minimum Gasteiger partial charge on any atom is -0.478 e. The number of hydrogen-bond acceptors (Lipinski definition) is 5. The molecule has 0 aliphatic carbocycles. The molecule has 94 valence electrons. The zero-order valence-corrected chi connectivity index (χ0v) is 10.6. The van der Waals surface area contributed by atoms with Crippen molar-refractivity contribution < 1.29 is 9.90 Å². The number of rotatable bonds is 5. The first-order valence-electron chi connectivity index (χ1n) is 5.47. The Morgan fingerprint density at radius 1 is 1.61 bits per heavy atom. The lowest BCUT2D eigenvalue weighted by molar-refractivity contribution is 0.0694. The topological polar surface area (TPSA) is 75.1 Å². The Hall–Kier alpha value is -1.79. The van der Waals surface area contributed by atoms with Crippen molar-refractivity contribution in [2.75, 3.05) is 0 Å². The van der Waals surface area contributed by atoms with Crippen molar-refractivity contribution in [1.82, 2.24) is 15.3 Å². The highest BCUT2D eigenvalue weighted by molar-refractivity contribution is 7.10. The molecule has 0 bridgehead atoms. The molecule has 6 heteroatoms. The summed E-state index contributed by atoms with van der Waals surface area (Å²) >= 11 is 1.67. The standard InChI is InChI=1S/C12H13N3O2S/c1-8(11-3-2-4-18-11)14-6-10-9(12(16)17)5-13-7-15-10/h2-5,7-8,14H,6H2,1H3,(H,16,17)/t8-/m1/s1. The van der Waals surface area contributed by atoms with Crippen molar-refractivity contribution in [3.8, 4) is 0 Å². The molecule has 2 rings (SSSR count). The van der Waals surface area contributed by atoms with Gasteiger partial charge in [0.15, 0.2) is 0 Å². The van der Waals surface area contributed by atoms with Crippen LogP contribution in [0.15, 0.2) is 30.0 Å². The highest BCUT2D eigenvalue weighted by Gasteiger charge is 2.12. The number of carboxylic acids is 1. The van der Waals surface area contributed by atoms with Gasteiger partial charge in [-0.2, -0.15) is 0 Å². The minimum atomic E-state index is -1.00. The summed E-state index contributed by atoms with van der Waals surface area (Å²) < 4.78 is 0. The monoisotopic (exact) mass is 263 g/mol. The number of carbonyl (C=O) groups is 1. The van der Waals surface area contributed by atoms with Crippen LogP contribution >= 0.6 is 11.3 Å². The predicted molar refractivity (Wildman–Crippen MR) is 68.6 cm³/mol. The van der Waals surface area contributed by atoms with Crippen molar-refractivity contribution >= 4 is 17.3 Å². The molecule has 0 saturated carbocycles. The Morgan fingerprint density at radius 2 is 2.44 bits per heavy atom. The van der Waals surface area contributed by atoms with Gasteiger partial charge in [-0.05, 0) is 18.4 Å². The maximum absolute atomic E-state index is 11.0. The van der Waals surface area contributed by atoms with Crippen molar-refractivity contribution in [3.05, 3.63) is 46.2 Å². The molecule has 0 fully saturated rings. The van der Waals surface area contributed by atoms with Crippen molar-refractivity contribution in [2.24, 2.45) is 0 Å². The largest absolute Gasteiger partial charge is 0.478 e. The van der Waals surface area contributed by atoms with Crippen LogP contribution in [-0.2, 0) is 6.54 Å². The van der Waals surface area contributed by atoms with Gasteiger partial charge < -0.3 is 10.4 Å². The van der Waals surface area contributed by atoms with Crippen molar-refractivity contribution in [3.63, 3.8) is 0 Å². The number of aromatic carboxylic acids is 1. The predicted octanol–water partition coefficient (Wildman–Crippen LogP) is 2.09. The van der Waals surface area contributed by atoms with Crippen LogP contribution in [0.2, 0.25) is 0 Å². The van der Waals surface area contributed by atoms with Crippen molar-refractivity contribution in [2.45, 2.75) is 19.5 Å². The van der Waals surface area contributed by atoms with Gasteiger partial charge in [-0.15, -0.1) is 11.3 Å². The fourth-order valence-corrected chi connectivity index (χ4v) is 2.32. The maximum atomic E-state index is 11.0. The van der Waals surface area contributed by atoms with Crippen LogP contribution in [0.5, 0.6) is 0 Å². The molecule has 1 atom stereocenters. The molecule has 0 unspecified atom stereocenters. The Bertz CT molecular complexity index is 528. The van der Waals surface area contributed by atoms with E-state index >= 15 is 0 Å². The van der Waals surface area contributed by atoms with Gasteiger partial charge in [0, 0.05) is 23.7 Å². The molecule has 2 N–H and O–H groups in total. The van der Waals surface area contributed by atoms with E-state index in [0.717, 1.165) is 0 Å². The number of nitrogens with zero attached hydrogens (tertiary/aromatic N) is 2. The molecular formula is C12H13N3O2S. The van der Waals surface area contributed by atoms with Crippen LogP contribution in [0, 0.1) is 0 Å². The summed E-state index contributed by atoms with van der Waals surface area (Å²) in [5, 5.41) is 14.3. The second kappa shape index (κ2) is 5.70. The molecule has 2 heterocycles. The van der Waals surface area contributed by atoms with Gasteiger partial charge in [0.1, 0.15) is 11.9 Å². The molecule has 2 aromatic rings. The molecule has 0 aromatic carbocycles. The van der Waals surface area contributed by atoms with Gasteiger partial charge in [-0.1, -0.05) is 6.07 Å². The Morgan fingerprint density at radius 3 is 3.11 bits per heavy atom. The van der Waals surface area contributed by atoms with Gasteiger partial charge in [0.2, 0.25) is 0 Å². The van der Waals surface area contributed by atoms with E-state index in [1.165, 1.54) is 17.4 Å². The number of carboxylic acid groups (broad SMARTS) is 1. The first kappa shape index (κ1) is 12.7. The fraction of sp³-hybridized carbons (Fsp3) is 0.250. The molecule has 0 aliphatic rings. The molecule has 0 radical (unpaired) electrons. The first-order valence-corrected chi connectivity index (χ1v) is 6.35. The van der Waals surface area contributed by atoms with E-state index in [9.17, 15) is 4.79 Å². The Labute approximate surface area is 109 Å². The second-order valence-electron chi connectivity index (χ2n) is 3.81. The summed E-state index contributed by atoms with van der Waals surface area (Å²) in [5.41, 5.74) is 0.643. The number of thiophene rings is 1. The number of hydrogen-bond donors (Lipinski definition) is 2. The zero-order chi connectivity index (χ0) is 13.0. The van der Waals surface area contributed by atoms with Gasteiger partial charge in [0.25, 0.3) is 0 Å². The normalized spacial score (nSPS) is 12.3. The molecule has 0 aliphatic heterocycles. The lowest BCUT2D eigenvalue weighted by atomic mass is 10.2. The van der Waals surface area contributed by atoms with E-state index in [1.54, 1.807) is 11.3 Å². The minimum absolute atomic E-state index is 0.142. The average Bonchev–Trinajstić information content (AvgIpc) is 2.90. The fourth-order valence-electron chi connectivity index (χ4n) is 1.56. The summed E-state index contributed by atoms with van der Waals surface area (Å²) in [5.74, 6) is -1.00. The highest BCUT2D eigenvalue weighted by atomic mass is 32.1. The van der Waals surface area contributed by atoms with E-state index in [2.05, 4.69) is 15.3 Å². The van der Waals surface area contributed by atoms with E-state index < -0.39 is 5.97 Å². The van der Waals surface area contributed by atoms with Gasteiger partial charge >= 0.3 is 5.97 Å². The van der Waals surface area contributed by atoms with Crippen LogP contribution in [0.4, 0.5) is 0 Å². The summed E-state index contributed by atoms with van der Waals surface area (Å²) in [6, 6.07) is 4.20. The third kappa shape index (κ3) is 2.91. The molecule has 18 heavy (non-hydrogen) atoms. The molecule has 0 amide bonds. The van der Waals surface area contributed by atoms with E-state index in [-0.39, 0.29) is 11.6 Å². The molecule has 2 aromatic heterocycles. The second-order valence-corrected chi connectivity index (χ2v) is 4.79. The Kier molecular flexibility index (Phi) is 4.01. The number of aromatic nitrogens is 2. The highest BCUT2D eigenvalue weighted by Crippen LogP contribution is 2.18. The van der Waals surface area contributed by atoms with Crippen LogP contribution in [0.1, 0.15) is 33.9 Å². The smallest absolute Gasteiger partial charge is 0.339 e. The summed E-state index contributed by atoms with van der Waals surface area (Å²) in [6.45, 7) is 2.44. The first-order chi connectivity index (χ1) is 8.68. The molecule has 0 saturated heterocycles. The van der Waals surface area contributed by atoms with Crippen molar-refractivity contribution in [1.29, 1.82) is 0 Å². The van der Waals surface area contributed by atoms with E-state index in [0.29, 0.717) is 12.2 Å². The van der Waals surface area contributed by atoms with E-state index in [4.69, 9.17) is 5.11 Å². The van der Waals surface area contributed by atoms with Gasteiger partial charge in [-0.25, -0.2) is 14.8 Å². The molecule has 0 spiro atoms. The maximum Gasteiger partial charge on any atom is 0.339 e. The lowest BCUT2D eigenvalue weighted by Gasteiger charge is -2.12. The quantitative estimate of drug-likeness (QED) is 0.864. The van der Waals surface area contributed by atoms with E-state index in [1.807, 2.05) is 24.4 Å². The number of nitrogens with one attached hydrogen (secondary N) is 1. The molecule has 5 nitrogen and oxygen atoms in total. The summed E-state index contributed by atoms with van der Waals surface area (Å²) in [4.78, 5) is 19.9. The lowest BCUT2D eigenvalue weighted by Crippen LogP contribution is -2.20. The third-order valence-corrected chi connectivity index (χ3v) is 3.63. The third-order valence-electron chi connectivity index (χ3n) is 2.57. The Balaban J connectivity index is 2.04. The van der Waals surface area contributed by atoms with Gasteiger partial charge in [-0.3, -0.25) is 0 Å². The SMILES string of the molecule is C[C@@H](NCc1ncncc1C(=O)O)c1cccs1. The van der Waals surface area contributed by atoms with Crippen LogP contribution in [-0.4, -0.2) is 21.0 Å².